The number of carboxylic acids is 1. The molecule has 1 rings (SSSR count). The summed E-state index contributed by atoms with van der Waals surface area (Å²) in [5.74, 6) is -1.69. The first-order valence-electron chi connectivity index (χ1n) is 5.43. The van der Waals surface area contributed by atoms with Crippen molar-refractivity contribution >= 4 is 35.1 Å². The minimum atomic E-state index is -1.13. The summed E-state index contributed by atoms with van der Waals surface area (Å²) in [5.41, 5.74) is 0.176. The summed E-state index contributed by atoms with van der Waals surface area (Å²) < 4.78 is 4.79. The molecule has 0 aliphatic carbocycles. The molecule has 0 saturated heterocycles. The first-order chi connectivity index (χ1) is 8.95. The van der Waals surface area contributed by atoms with Gasteiger partial charge in [0, 0.05) is 25.2 Å². The Hall–Kier alpha value is -1.30. The zero-order chi connectivity index (χ0) is 14.4. The van der Waals surface area contributed by atoms with Crippen LogP contribution < -0.4 is 5.32 Å². The van der Waals surface area contributed by atoms with Crippen LogP contribution in [-0.2, 0) is 9.53 Å². The van der Waals surface area contributed by atoms with E-state index in [1.165, 1.54) is 25.3 Å². The van der Waals surface area contributed by atoms with Crippen LogP contribution in [0, 0.1) is 0 Å². The van der Waals surface area contributed by atoms with Gasteiger partial charge in [-0.1, -0.05) is 23.2 Å². The van der Waals surface area contributed by atoms with Gasteiger partial charge < -0.3 is 15.2 Å². The average Bonchev–Trinajstić information content (AvgIpc) is 2.33. The second kappa shape index (κ2) is 7.33. The van der Waals surface area contributed by atoms with E-state index < -0.39 is 17.9 Å². The van der Waals surface area contributed by atoms with Gasteiger partial charge in [-0.2, -0.15) is 0 Å². The maximum atomic E-state index is 11.9. The van der Waals surface area contributed by atoms with Crippen LogP contribution in [0.4, 0.5) is 0 Å². The Morgan fingerprint density at radius 2 is 2.11 bits per heavy atom. The number of hydrogen-bond donors (Lipinski definition) is 2. The highest BCUT2D eigenvalue weighted by molar-refractivity contribution is 6.36. The lowest BCUT2D eigenvalue weighted by atomic mass is 10.1. The summed E-state index contributed by atoms with van der Waals surface area (Å²) in [4.78, 5) is 22.9. The molecule has 1 aromatic carbocycles. The Labute approximate surface area is 120 Å². The van der Waals surface area contributed by atoms with Gasteiger partial charge in [-0.3, -0.25) is 4.79 Å². The zero-order valence-electron chi connectivity index (χ0n) is 10.2. The Morgan fingerprint density at radius 1 is 1.42 bits per heavy atom. The van der Waals surface area contributed by atoms with Gasteiger partial charge in [-0.05, 0) is 18.2 Å². The largest absolute Gasteiger partial charge is 0.480 e. The van der Waals surface area contributed by atoms with Crippen LogP contribution in [0.5, 0.6) is 0 Å². The quantitative estimate of drug-likeness (QED) is 0.845. The topological polar surface area (TPSA) is 75.6 Å². The number of ether oxygens (including phenoxy) is 1. The number of hydrogen-bond acceptors (Lipinski definition) is 3. The van der Waals surface area contributed by atoms with E-state index >= 15 is 0 Å². The molecular weight excluding hydrogens is 293 g/mol. The first-order valence-corrected chi connectivity index (χ1v) is 6.19. The number of carboxylic acid groups (broad SMARTS) is 1. The Kier molecular flexibility index (Phi) is 6.08. The highest BCUT2D eigenvalue weighted by atomic mass is 35.5. The number of aliphatic carboxylic acids is 1. The summed E-state index contributed by atoms with van der Waals surface area (Å²) in [5, 5.41) is 11.9. The highest BCUT2D eigenvalue weighted by Gasteiger charge is 2.21. The minimum Gasteiger partial charge on any atom is -0.480 e. The molecule has 0 aliphatic heterocycles. The standard InChI is InChI=1S/C12H13Cl2NO4/c1-19-5-4-10(12(17)18)15-11(16)8-3-2-7(13)6-9(8)14/h2-3,6,10H,4-5H2,1H3,(H,15,16)(H,17,18). The molecule has 2 N–H and O–H groups in total. The zero-order valence-corrected chi connectivity index (χ0v) is 11.7. The second-order valence-corrected chi connectivity index (χ2v) is 4.61. The normalized spacial score (nSPS) is 11.9. The van der Waals surface area contributed by atoms with Crippen molar-refractivity contribution in [2.45, 2.75) is 12.5 Å². The second-order valence-electron chi connectivity index (χ2n) is 3.77. The third kappa shape index (κ3) is 4.70. The Balaban J connectivity index is 2.78. The van der Waals surface area contributed by atoms with Gasteiger partial charge in [-0.15, -0.1) is 0 Å². The molecular formula is C12H13Cl2NO4. The molecule has 0 heterocycles. The van der Waals surface area contributed by atoms with Crippen molar-refractivity contribution in [3.05, 3.63) is 33.8 Å². The van der Waals surface area contributed by atoms with Crippen molar-refractivity contribution in [3.8, 4) is 0 Å². The number of carbonyl (C=O) groups excluding carboxylic acids is 1. The predicted octanol–water partition coefficient (Wildman–Crippen LogP) is 2.21. The molecule has 1 aromatic rings. The number of nitrogens with one attached hydrogen (secondary N) is 1. The molecule has 5 nitrogen and oxygen atoms in total. The third-order valence-corrected chi connectivity index (χ3v) is 2.94. The molecule has 1 atom stereocenters. The maximum absolute atomic E-state index is 11.9. The summed E-state index contributed by atoms with van der Waals surface area (Å²) >= 11 is 11.6. The molecule has 7 heteroatoms. The fourth-order valence-corrected chi connectivity index (χ4v) is 1.90. The number of methoxy groups -OCH3 is 1. The van der Waals surface area contributed by atoms with Crippen LogP contribution in [0.3, 0.4) is 0 Å². The van der Waals surface area contributed by atoms with Crippen molar-refractivity contribution in [1.82, 2.24) is 5.32 Å². The summed E-state index contributed by atoms with van der Waals surface area (Å²) in [7, 11) is 1.46. The van der Waals surface area contributed by atoms with Crippen molar-refractivity contribution in [2.24, 2.45) is 0 Å². The van der Waals surface area contributed by atoms with Crippen LogP contribution >= 0.6 is 23.2 Å². The number of amides is 1. The molecule has 19 heavy (non-hydrogen) atoms. The summed E-state index contributed by atoms with van der Waals surface area (Å²) in [6.45, 7) is 0.228. The Morgan fingerprint density at radius 3 is 2.63 bits per heavy atom. The number of rotatable bonds is 6. The van der Waals surface area contributed by atoms with E-state index in [0.29, 0.717) is 5.02 Å². The van der Waals surface area contributed by atoms with Crippen molar-refractivity contribution < 1.29 is 19.4 Å². The van der Waals surface area contributed by atoms with E-state index in [-0.39, 0.29) is 23.6 Å². The van der Waals surface area contributed by atoms with Gasteiger partial charge in [0.2, 0.25) is 0 Å². The van der Waals surface area contributed by atoms with E-state index in [9.17, 15) is 9.59 Å². The molecule has 0 bridgehead atoms. The number of carbonyl (C=O) groups is 2. The Bertz CT molecular complexity index is 479. The lowest BCUT2D eigenvalue weighted by Crippen LogP contribution is -2.41. The average molecular weight is 306 g/mol. The van der Waals surface area contributed by atoms with Gasteiger partial charge >= 0.3 is 5.97 Å². The van der Waals surface area contributed by atoms with E-state index in [1.807, 2.05) is 0 Å². The molecule has 0 aliphatic rings. The van der Waals surface area contributed by atoms with Crippen LogP contribution in [0.2, 0.25) is 10.0 Å². The lowest BCUT2D eigenvalue weighted by Gasteiger charge is -2.14. The molecule has 0 radical (unpaired) electrons. The van der Waals surface area contributed by atoms with Crippen LogP contribution in [-0.4, -0.2) is 36.7 Å². The van der Waals surface area contributed by atoms with Crippen molar-refractivity contribution in [1.29, 1.82) is 0 Å². The molecule has 104 valence electrons. The highest BCUT2D eigenvalue weighted by Crippen LogP contribution is 2.21. The van der Waals surface area contributed by atoms with Gasteiger partial charge in [0.1, 0.15) is 6.04 Å². The van der Waals surface area contributed by atoms with Crippen molar-refractivity contribution in [2.75, 3.05) is 13.7 Å². The number of benzene rings is 1. The van der Waals surface area contributed by atoms with Crippen molar-refractivity contribution in [3.63, 3.8) is 0 Å². The van der Waals surface area contributed by atoms with Crippen LogP contribution in [0.15, 0.2) is 18.2 Å². The summed E-state index contributed by atoms with van der Waals surface area (Å²) in [6.07, 6.45) is 0.169. The van der Waals surface area contributed by atoms with E-state index in [2.05, 4.69) is 5.32 Å². The molecule has 0 fully saturated rings. The van der Waals surface area contributed by atoms with Gasteiger partial charge in [0.15, 0.2) is 0 Å². The smallest absolute Gasteiger partial charge is 0.326 e. The van der Waals surface area contributed by atoms with Gasteiger partial charge in [0.05, 0.1) is 10.6 Å². The van der Waals surface area contributed by atoms with E-state index in [0.717, 1.165) is 0 Å². The fraction of sp³-hybridized carbons (Fsp3) is 0.333. The van der Waals surface area contributed by atoms with Crippen LogP contribution in [0.25, 0.3) is 0 Å². The van der Waals surface area contributed by atoms with Crippen LogP contribution in [0.1, 0.15) is 16.8 Å². The molecule has 1 unspecified atom stereocenters. The monoisotopic (exact) mass is 305 g/mol. The SMILES string of the molecule is COCCC(NC(=O)c1ccc(Cl)cc1Cl)C(=O)O. The van der Waals surface area contributed by atoms with E-state index in [1.54, 1.807) is 0 Å². The fourth-order valence-electron chi connectivity index (χ4n) is 1.40. The predicted molar refractivity (Wildman–Crippen MR) is 71.8 cm³/mol. The molecule has 1 amide bonds. The first kappa shape index (κ1) is 15.8. The molecule has 0 spiro atoms. The molecule has 0 aromatic heterocycles. The van der Waals surface area contributed by atoms with Gasteiger partial charge in [-0.25, -0.2) is 4.79 Å². The van der Waals surface area contributed by atoms with E-state index in [4.69, 9.17) is 33.0 Å². The minimum absolute atomic E-state index is 0.167. The lowest BCUT2D eigenvalue weighted by molar-refractivity contribution is -0.139. The maximum Gasteiger partial charge on any atom is 0.326 e. The molecule has 0 saturated carbocycles. The number of halogens is 2. The van der Waals surface area contributed by atoms with Gasteiger partial charge in [0.25, 0.3) is 5.91 Å². The third-order valence-electron chi connectivity index (χ3n) is 2.39. The summed E-state index contributed by atoms with van der Waals surface area (Å²) in [6, 6.07) is 3.34.